The number of hydrogen-bond donors (Lipinski definition) is 2. The molecule has 1 aromatic carbocycles. The molecule has 8 heteroatoms. The molecule has 1 amide bonds. The van der Waals surface area contributed by atoms with E-state index in [1.807, 2.05) is 0 Å². The Morgan fingerprint density at radius 3 is 2.71 bits per heavy atom. The van der Waals surface area contributed by atoms with Crippen molar-refractivity contribution in [1.82, 2.24) is 10.2 Å². The van der Waals surface area contributed by atoms with Gasteiger partial charge in [0.2, 0.25) is 0 Å². The number of ether oxygens (including phenoxy) is 1. The van der Waals surface area contributed by atoms with Gasteiger partial charge in [-0.15, -0.1) is 6.42 Å². The van der Waals surface area contributed by atoms with E-state index in [1.165, 1.54) is 17.2 Å². The Balaban J connectivity index is 1.61. The second kappa shape index (κ2) is 10.1. The summed E-state index contributed by atoms with van der Waals surface area (Å²) in [5.74, 6) is 2.03. The number of piperidine rings is 1. The molecule has 0 unspecified atom stereocenters. The van der Waals surface area contributed by atoms with Crippen molar-refractivity contribution in [2.24, 2.45) is 0 Å². The maximum absolute atomic E-state index is 12.9. The highest BCUT2D eigenvalue weighted by atomic mass is 16.6. The van der Waals surface area contributed by atoms with E-state index in [0.29, 0.717) is 0 Å². The van der Waals surface area contributed by atoms with Crippen molar-refractivity contribution >= 4 is 17.3 Å². The van der Waals surface area contributed by atoms with Gasteiger partial charge in [0.1, 0.15) is 18.0 Å². The molecule has 1 aliphatic carbocycles. The average molecular weight is 425 g/mol. The van der Waals surface area contributed by atoms with Crippen molar-refractivity contribution in [2.75, 3.05) is 32.0 Å². The van der Waals surface area contributed by atoms with E-state index in [4.69, 9.17) is 16.9 Å². The largest absolute Gasteiger partial charge is 0.480 e. The Kier molecular flexibility index (Phi) is 7.32. The van der Waals surface area contributed by atoms with Crippen LogP contribution >= 0.6 is 0 Å². The van der Waals surface area contributed by atoms with Gasteiger partial charge in [-0.2, -0.15) is 0 Å². The zero-order valence-corrected chi connectivity index (χ0v) is 17.7. The molecule has 164 valence electrons. The summed E-state index contributed by atoms with van der Waals surface area (Å²) in [6, 6.07) is 2.42. The third kappa shape index (κ3) is 5.86. The molecule has 3 rings (SSSR count). The summed E-state index contributed by atoms with van der Waals surface area (Å²) in [5, 5.41) is 14.2. The molecule has 1 heterocycles. The molecule has 0 saturated carbocycles. The smallest absolute Gasteiger partial charge is 0.293 e. The summed E-state index contributed by atoms with van der Waals surface area (Å²) in [4.78, 5) is 25.9. The maximum atomic E-state index is 12.9. The monoisotopic (exact) mass is 424 g/mol. The second-order valence-electron chi connectivity index (χ2n) is 8.00. The number of allylic oxidation sites excluding steroid dienone is 3. The van der Waals surface area contributed by atoms with Gasteiger partial charge < -0.3 is 15.8 Å². The molecule has 0 aromatic heterocycles. The Morgan fingerprint density at radius 1 is 1.35 bits per heavy atom. The summed E-state index contributed by atoms with van der Waals surface area (Å²) in [6.07, 6.45) is 13.5. The van der Waals surface area contributed by atoms with E-state index >= 15 is 0 Å². The second-order valence-corrected chi connectivity index (χ2v) is 8.00. The SMILES string of the molecule is C#CCOc1cc(N)c([N+](=O)[O-])cc1C(=O)NC1CCN(CC2=CCC(C)=CC2)CC1. The van der Waals surface area contributed by atoms with Gasteiger partial charge in [-0.25, -0.2) is 0 Å². The zero-order chi connectivity index (χ0) is 22.4. The van der Waals surface area contributed by atoms with Crippen molar-refractivity contribution in [2.45, 2.75) is 38.6 Å². The minimum atomic E-state index is -0.619. The van der Waals surface area contributed by atoms with Crippen molar-refractivity contribution in [1.29, 1.82) is 0 Å². The number of hydrogen-bond acceptors (Lipinski definition) is 6. The molecule has 0 bridgehead atoms. The number of nitro benzene ring substituents is 1. The molecular formula is C23H28N4O4. The predicted molar refractivity (Wildman–Crippen MR) is 120 cm³/mol. The predicted octanol–water partition coefficient (Wildman–Crippen LogP) is 3.05. The van der Waals surface area contributed by atoms with E-state index in [-0.39, 0.29) is 35.3 Å². The molecule has 3 N–H and O–H groups in total. The fourth-order valence-corrected chi connectivity index (χ4v) is 3.85. The molecule has 0 radical (unpaired) electrons. The highest BCUT2D eigenvalue weighted by Crippen LogP contribution is 2.31. The number of nitrogens with zero attached hydrogens (tertiary/aromatic N) is 2. The average Bonchev–Trinajstić information content (AvgIpc) is 2.75. The Hall–Kier alpha value is -3.31. The molecule has 0 spiro atoms. The fraction of sp³-hybridized carbons (Fsp3) is 0.435. The Morgan fingerprint density at radius 2 is 2.10 bits per heavy atom. The summed E-state index contributed by atoms with van der Waals surface area (Å²) >= 11 is 0. The molecule has 1 fully saturated rings. The number of nitro groups is 1. The van der Waals surface area contributed by atoms with Gasteiger partial charge in [0.15, 0.2) is 0 Å². The minimum absolute atomic E-state index is 0.0108. The maximum Gasteiger partial charge on any atom is 0.293 e. The van der Waals surface area contributed by atoms with Crippen molar-refractivity contribution in [3.8, 4) is 18.1 Å². The first kappa shape index (κ1) is 22.4. The van der Waals surface area contributed by atoms with Gasteiger partial charge >= 0.3 is 0 Å². The Bertz CT molecular complexity index is 953. The van der Waals surface area contributed by atoms with E-state index in [9.17, 15) is 14.9 Å². The lowest BCUT2D eigenvalue weighted by atomic mass is 9.98. The van der Waals surface area contributed by atoms with Crippen LogP contribution in [0.1, 0.15) is 43.0 Å². The van der Waals surface area contributed by atoms with Gasteiger partial charge in [0.25, 0.3) is 11.6 Å². The number of nitrogens with two attached hydrogens (primary N) is 1. The topological polar surface area (TPSA) is 111 Å². The summed E-state index contributed by atoms with van der Waals surface area (Å²) in [6.45, 7) is 4.81. The van der Waals surface area contributed by atoms with Crippen molar-refractivity contribution in [3.05, 3.63) is 51.1 Å². The number of terminal acetylenes is 1. The molecule has 8 nitrogen and oxygen atoms in total. The van der Waals surface area contributed by atoms with Crippen LogP contribution in [0.15, 0.2) is 35.4 Å². The third-order valence-corrected chi connectivity index (χ3v) is 5.66. The molecule has 1 saturated heterocycles. The standard InChI is InChI=1S/C23H28N4O4/c1-3-12-31-22-14-20(24)21(27(29)30)13-19(22)23(28)25-18-8-10-26(11-9-18)15-17-6-4-16(2)5-7-17/h1,4,7,13-14,18H,5-6,8-12,15,24H2,2H3,(H,25,28). The number of rotatable bonds is 7. The van der Waals surface area contributed by atoms with Gasteiger partial charge in [-0.05, 0) is 32.6 Å². The van der Waals surface area contributed by atoms with E-state index in [0.717, 1.165) is 51.4 Å². The number of carbonyl (C=O) groups excluding carboxylic acids is 1. The quantitative estimate of drug-likeness (QED) is 0.229. The van der Waals surface area contributed by atoms with Crippen molar-refractivity contribution < 1.29 is 14.5 Å². The first-order valence-corrected chi connectivity index (χ1v) is 10.4. The van der Waals surface area contributed by atoms with Crippen LogP contribution in [0.3, 0.4) is 0 Å². The minimum Gasteiger partial charge on any atom is -0.480 e. The first-order valence-electron chi connectivity index (χ1n) is 10.4. The molecule has 1 aliphatic heterocycles. The number of anilines is 1. The van der Waals surface area contributed by atoms with Crippen LogP contribution in [-0.2, 0) is 0 Å². The van der Waals surface area contributed by atoms with E-state index in [2.05, 4.69) is 35.2 Å². The number of nitrogen functional groups attached to an aromatic ring is 1. The summed E-state index contributed by atoms with van der Waals surface area (Å²) in [7, 11) is 0. The molecule has 1 aromatic rings. The third-order valence-electron chi connectivity index (χ3n) is 5.66. The zero-order valence-electron chi connectivity index (χ0n) is 17.7. The molecule has 0 atom stereocenters. The summed E-state index contributed by atoms with van der Waals surface area (Å²) in [5.41, 5.74) is 8.23. The van der Waals surface area contributed by atoms with Crippen LogP contribution in [0, 0.1) is 22.5 Å². The fourth-order valence-electron chi connectivity index (χ4n) is 3.85. The van der Waals surface area contributed by atoms with Crippen LogP contribution in [0.4, 0.5) is 11.4 Å². The van der Waals surface area contributed by atoms with Gasteiger partial charge in [0.05, 0.1) is 10.5 Å². The highest BCUT2D eigenvalue weighted by Gasteiger charge is 2.26. The summed E-state index contributed by atoms with van der Waals surface area (Å²) < 4.78 is 5.40. The normalized spacial score (nSPS) is 17.3. The van der Waals surface area contributed by atoms with Crippen LogP contribution in [-0.4, -0.2) is 48.0 Å². The lowest BCUT2D eigenvalue weighted by molar-refractivity contribution is -0.383. The number of benzene rings is 1. The van der Waals surface area contributed by atoms with Crippen LogP contribution < -0.4 is 15.8 Å². The van der Waals surface area contributed by atoms with E-state index < -0.39 is 10.8 Å². The lowest BCUT2D eigenvalue weighted by Crippen LogP contribution is -2.45. The van der Waals surface area contributed by atoms with Crippen LogP contribution in [0.2, 0.25) is 0 Å². The van der Waals surface area contributed by atoms with Gasteiger partial charge in [-0.1, -0.05) is 29.2 Å². The molecule has 2 aliphatic rings. The molecule has 31 heavy (non-hydrogen) atoms. The lowest BCUT2D eigenvalue weighted by Gasteiger charge is -2.33. The number of amides is 1. The number of carbonyl (C=O) groups is 1. The van der Waals surface area contributed by atoms with Crippen LogP contribution in [0.25, 0.3) is 0 Å². The van der Waals surface area contributed by atoms with Gasteiger partial charge in [0, 0.05) is 37.8 Å². The van der Waals surface area contributed by atoms with E-state index in [1.54, 1.807) is 0 Å². The van der Waals surface area contributed by atoms with Crippen LogP contribution in [0.5, 0.6) is 5.75 Å². The molecular weight excluding hydrogens is 396 g/mol. The number of nitrogens with one attached hydrogen (secondary N) is 1. The Labute approximate surface area is 182 Å². The van der Waals surface area contributed by atoms with Gasteiger partial charge in [-0.3, -0.25) is 19.8 Å². The first-order chi connectivity index (χ1) is 14.9. The highest BCUT2D eigenvalue weighted by molar-refractivity contribution is 5.98. The number of likely N-dealkylation sites (tertiary alicyclic amines) is 1. The van der Waals surface area contributed by atoms with Crippen molar-refractivity contribution in [3.63, 3.8) is 0 Å².